The van der Waals surface area contributed by atoms with E-state index in [1.54, 1.807) is 6.07 Å². The fourth-order valence-corrected chi connectivity index (χ4v) is 2.82. The van der Waals surface area contributed by atoms with Crippen molar-refractivity contribution in [3.05, 3.63) is 29.3 Å². The summed E-state index contributed by atoms with van der Waals surface area (Å²) in [6.45, 7) is 5.74. The number of rotatable bonds is 0. The molecule has 1 unspecified atom stereocenters. The maximum Gasteiger partial charge on any atom is 0.416 e. The minimum Gasteiger partial charge on any atom is -0.382 e. The highest BCUT2D eigenvalue weighted by molar-refractivity contribution is 5.61. The predicted molar refractivity (Wildman–Crippen MR) is 62.2 cm³/mol. The fraction of sp³-hybridized carbons (Fsp3) is 0.538. The normalized spacial score (nSPS) is 22.8. The van der Waals surface area contributed by atoms with Crippen LogP contribution in [0.2, 0.25) is 0 Å². The van der Waals surface area contributed by atoms with Crippen molar-refractivity contribution >= 4 is 5.69 Å². The summed E-state index contributed by atoms with van der Waals surface area (Å²) in [5.74, 6) is 0. The molecule has 0 aliphatic carbocycles. The Morgan fingerprint density at radius 2 is 1.94 bits per heavy atom. The second-order valence-electron chi connectivity index (χ2n) is 5.36. The molecule has 0 bridgehead atoms. The van der Waals surface area contributed by atoms with E-state index in [1.807, 2.05) is 20.8 Å². The largest absolute Gasteiger partial charge is 0.416 e. The summed E-state index contributed by atoms with van der Waals surface area (Å²) in [6, 6.07) is 4.55. The smallest absolute Gasteiger partial charge is 0.382 e. The molecular weight excluding hydrogens is 227 g/mol. The lowest BCUT2D eigenvalue weighted by Crippen LogP contribution is -2.36. The molecule has 0 saturated carbocycles. The highest BCUT2D eigenvalue weighted by Gasteiger charge is 2.41. The summed E-state index contributed by atoms with van der Waals surface area (Å²) >= 11 is 0. The summed E-state index contributed by atoms with van der Waals surface area (Å²) < 4.78 is 39.0. The van der Waals surface area contributed by atoms with Crippen molar-refractivity contribution in [3.63, 3.8) is 0 Å². The van der Waals surface area contributed by atoms with E-state index in [-0.39, 0.29) is 6.04 Å². The first-order valence-electron chi connectivity index (χ1n) is 5.69. The van der Waals surface area contributed by atoms with E-state index < -0.39 is 17.2 Å². The van der Waals surface area contributed by atoms with E-state index in [4.69, 9.17) is 0 Å². The van der Waals surface area contributed by atoms with Crippen LogP contribution in [0.1, 0.15) is 38.3 Å². The zero-order chi connectivity index (χ0) is 12.8. The topological polar surface area (TPSA) is 12.0 Å². The van der Waals surface area contributed by atoms with Crippen molar-refractivity contribution in [2.24, 2.45) is 0 Å². The SMILES string of the molecule is CC1CC(C)(C)c2c(cccc2C(F)(F)F)N1. The quantitative estimate of drug-likeness (QED) is 0.720. The number of fused-ring (bicyclic) bond motifs is 1. The molecule has 0 amide bonds. The summed E-state index contributed by atoms with van der Waals surface area (Å²) in [5, 5.41) is 3.13. The number of anilines is 1. The third kappa shape index (κ3) is 2.13. The molecule has 1 aromatic carbocycles. The Morgan fingerprint density at radius 3 is 2.53 bits per heavy atom. The van der Waals surface area contributed by atoms with Crippen molar-refractivity contribution in [2.75, 3.05) is 5.32 Å². The second-order valence-corrected chi connectivity index (χ2v) is 5.36. The average Bonchev–Trinajstić information content (AvgIpc) is 2.13. The summed E-state index contributed by atoms with van der Waals surface area (Å²) in [7, 11) is 0. The molecule has 0 spiro atoms. The maximum absolute atomic E-state index is 13.0. The lowest BCUT2D eigenvalue weighted by atomic mass is 9.73. The van der Waals surface area contributed by atoms with Crippen LogP contribution in [0, 0.1) is 0 Å². The molecular formula is C13H16F3N. The molecule has 0 radical (unpaired) electrons. The van der Waals surface area contributed by atoms with Crippen molar-refractivity contribution in [3.8, 4) is 0 Å². The van der Waals surface area contributed by atoms with Crippen LogP contribution in [0.4, 0.5) is 18.9 Å². The third-order valence-corrected chi connectivity index (χ3v) is 3.27. The van der Waals surface area contributed by atoms with Crippen LogP contribution in [0.15, 0.2) is 18.2 Å². The molecule has 17 heavy (non-hydrogen) atoms. The van der Waals surface area contributed by atoms with Gasteiger partial charge in [0.15, 0.2) is 0 Å². The summed E-state index contributed by atoms with van der Waals surface area (Å²) in [5.41, 5.74) is 0.0418. The van der Waals surface area contributed by atoms with Crippen molar-refractivity contribution in [1.82, 2.24) is 0 Å². The monoisotopic (exact) mass is 243 g/mol. The van der Waals surface area contributed by atoms with E-state index in [0.717, 1.165) is 6.07 Å². The Labute approximate surface area is 99.0 Å². The van der Waals surface area contributed by atoms with Gasteiger partial charge in [-0.25, -0.2) is 0 Å². The Kier molecular flexibility index (Phi) is 2.64. The van der Waals surface area contributed by atoms with Gasteiger partial charge in [0.2, 0.25) is 0 Å². The Bertz CT molecular complexity index is 435. The average molecular weight is 243 g/mol. The number of halogens is 3. The molecule has 1 nitrogen and oxygen atoms in total. The van der Waals surface area contributed by atoms with Gasteiger partial charge >= 0.3 is 6.18 Å². The molecule has 1 aromatic rings. The third-order valence-electron chi connectivity index (χ3n) is 3.27. The van der Waals surface area contributed by atoms with Gasteiger partial charge in [0.05, 0.1) is 5.56 Å². The molecule has 1 atom stereocenters. The zero-order valence-electron chi connectivity index (χ0n) is 10.2. The Morgan fingerprint density at radius 1 is 1.29 bits per heavy atom. The van der Waals surface area contributed by atoms with Gasteiger partial charge < -0.3 is 5.32 Å². The summed E-state index contributed by atoms with van der Waals surface area (Å²) in [4.78, 5) is 0. The highest BCUT2D eigenvalue weighted by Crippen LogP contribution is 2.45. The lowest BCUT2D eigenvalue weighted by molar-refractivity contribution is -0.138. The van der Waals surface area contributed by atoms with Gasteiger partial charge in [0, 0.05) is 11.7 Å². The van der Waals surface area contributed by atoms with E-state index in [0.29, 0.717) is 17.7 Å². The molecule has 1 heterocycles. The van der Waals surface area contributed by atoms with Gasteiger partial charge in [-0.1, -0.05) is 19.9 Å². The Hall–Kier alpha value is -1.19. The first-order chi connectivity index (χ1) is 7.72. The maximum atomic E-state index is 13.0. The number of nitrogens with one attached hydrogen (secondary N) is 1. The van der Waals surface area contributed by atoms with Gasteiger partial charge in [-0.2, -0.15) is 13.2 Å². The first kappa shape index (κ1) is 12.3. The van der Waals surface area contributed by atoms with Crippen LogP contribution in [0.25, 0.3) is 0 Å². The molecule has 0 saturated heterocycles. The van der Waals surface area contributed by atoms with Gasteiger partial charge in [-0.3, -0.25) is 0 Å². The van der Waals surface area contributed by atoms with Crippen LogP contribution in [0.3, 0.4) is 0 Å². The molecule has 2 rings (SSSR count). The Balaban J connectivity index is 2.64. The molecule has 4 heteroatoms. The molecule has 0 fully saturated rings. The fourth-order valence-electron chi connectivity index (χ4n) is 2.82. The van der Waals surface area contributed by atoms with Crippen LogP contribution >= 0.6 is 0 Å². The second kappa shape index (κ2) is 3.65. The van der Waals surface area contributed by atoms with E-state index >= 15 is 0 Å². The van der Waals surface area contributed by atoms with Crippen LogP contribution in [-0.4, -0.2) is 6.04 Å². The number of alkyl halides is 3. The number of hydrogen-bond acceptors (Lipinski definition) is 1. The van der Waals surface area contributed by atoms with Crippen LogP contribution in [-0.2, 0) is 11.6 Å². The lowest BCUT2D eigenvalue weighted by Gasteiger charge is -2.39. The van der Waals surface area contributed by atoms with Gasteiger partial charge in [0.25, 0.3) is 0 Å². The minimum atomic E-state index is -4.29. The van der Waals surface area contributed by atoms with Crippen LogP contribution < -0.4 is 5.32 Å². The first-order valence-corrected chi connectivity index (χ1v) is 5.69. The van der Waals surface area contributed by atoms with Crippen molar-refractivity contribution in [1.29, 1.82) is 0 Å². The van der Waals surface area contributed by atoms with Gasteiger partial charge in [0.1, 0.15) is 0 Å². The van der Waals surface area contributed by atoms with E-state index in [9.17, 15) is 13.2 Å². The van der Waals surface area contributed by atoms with Crippen molar-refractivity contribution < 1.29 is 13.2 Å². The molecule has 1 aliphatic rings. The molecule has 0 aromatic heterocycles. The molecule has 94 valence electrons. The number of hydrogen-bond donors (Lipinski definition) is 1. The van der Waals surface area contributed by atoms with Gasteiger partial charge in [-0.15, -0.1) is 0 Å². The number of benzene rings is 1. The van der Waals surface area contributed by atoms with E-state index in [2.05, 4.69) is 5.32 Å². The van der Waals surface area contributed by atoms with Gasteiger partial charge in [-0.05, 0) is 36.5 Å². The van der Waals surface area contributed by atoms with E-state index in [1.165, 1.54) is 6.07 Å². The predicted octanol–water partition coefficient (Wildman–Crippen LogP) is 4.19. The molecule has 1 aliphatic heterocycles. The highest BCUT2D eigenvalue weighted by atomic mass is 19.4. The minimum absolute atomic E-state index is 0.195. The standard InChI is InChI=1S/C13H16F3N/c1-8-7-12(2,3)11-9(13(14,15)16)5-4-6-10(11)17-8/h4-6,8,17H,7H2,1-3H3. The molecule has 1 N–H and O–H groups in total. The zero-order valence-corrected chi connectivity index (χ0v) is 10.2. The van der Waals surface area contributed by atoms with Crippen molar-refractivity contribution in [2.45, 2.75) is 44.8 Å². The van der Waals surface area contributed by atoms with Crippen LogP contribution in [0.5, 0.6) is 0 Å². The summed E-state index contributed by atoms with van der Waals surface area (Å²) in [6.07, 6.45) is -3.59.